The largest absolute Gasteiger partial charge is 0.493 e. The van der Waals surface area contributed by atoms with Crippen LogP contribution in [0.2, 0.25) is 0 Å². The van der Waals surface area contributed by atoms with Crippen LogP contribution in [0.5, 0.6) is 5.75 Å². The molecular weight excluding hydrogens is 350 g/mol. The fourth-order valence-corrected chi connectivity index (χ4v) is 3.74. The molecule has 1 aromatic carbocycles. The van der Waals surface area contributed by atoms with Crippen molar-refractivity contribution in [3.63, 3.8) is 0 Å². The van der Waals surface area contributed by atoms with Crippen LogP contribution in [-0.4, -0.2) is 32.4 Å². The fraction of sp³-hybridized carbons (Fsp3) is 0.222. The van der Waals surface area contributed by atoms with Gasteiger partial charge < -0.3 is 9.30 Å². The molecule has 1 N–H and O–H groups in total. The number of carbonyl (C=O) groups is 1. The minimum atomic E-state index is -0.237. The average Bonchev–Trinajstić information content (AvgIpc) is 3.29. The predicted molar refractivity (Wildman–Crippen MR) is 101 cm³/mol. The summed E-state index contributed by atoms with van der Waals surface area (Å²) in [6, 6.07) is 5.93. The van der Waals surface area contributed by atoms with E-state index in [1.165, 1.54) is 11.5 Å². The molecule has 0 saturated carbocycles. The molecule has 0 spiro atoms. The van der Waals surface area contributed by atoms with Crippen molar-refractivity contribution in [3.8, 4) is 5.75 Å². The van der Waals surface area contributed by atoms with Gasteiger partial charge in [0.05, 0.1) is 28.3 Å². The number of carbonyl (C=O) groups excluding carboxylic acids is 1. The summed E-state index contributed by atoms with van der Waals surface area (Å²) in [7, 11) is 1.97. The number of hydrazone groups is 1. The first-order valence-electron chi connectivity index (χ1n) is 8.20. The normalized spacial score (nSPS) is 15.6. The highest BCUT2D eigenvalue weighted by Gasteiger charge is 2.27. The van der Waals surface area contributed by atoms with E-state index in [-0.39, 0.29) is 5.91 Å². The molecule has 2 aromatic heterocycles. The quantitative estimate of drug-likeness (QED) is 0.719. The molecule has 0 radical (unpaired) electrons. The molecule has 0 atom stereocenters. The maximum Gasteiger partial charge on any atom is 0.273 e. The van der Waals surface area contributed by atoms with Crippen molar-refractivity contribution in [2.75, 3.05) is 6.61 Å². The van der Waals surface area contributed by atoms with E-state index in [2.05, 4.69) is 20.1 Å². The Kier molecular flexibility index (Phi) is 4.04. The molecule has 0 fully saturated rings. The molecule has 0 saturated heterocycles. The standard InChI is InChI=1S/C18H17N5O2S/c1-4-25-14-7-5-6-13-15(14)11(9-23(13)3)8-12-16(20-21-18(12)24)17-10(2)19-22-26-17/h5-9H,4H2,1-3H3,(H,21,24)/b12-8-. The Labute approximate surface area is 154 Å². The van der Waals surface area contributed by atoms with E-state index in [9.17, 15) is 4.79 Å². The minimum Gasteiger partial charge on any atom is -0.493 e. The molecule has 7 nitrogen and oxygen atoms in total. The van der Waals surface area contributed by atoms with Gasteiger partial charge in [0.25, 0.3) is 5.91 Å². The van der Waals surface area contributed by atoms with Gasteiger partial charge in [-0.05, 0) is 43.6 Å². The number of nitrogens with zero attached hydrogens (tertiary/aromatic N) is 4. The number of nitrogens with one attached hydrogen (secondary N) is 1. The molecule has 0 aliphatic carbocycles. The Hall–Kier alpha value is -3.00. The van der Waals surface area contributed by atoms with E-state index in [4.69, 9.17) is 4.74 Å². The predicted octanol–water partition coefficient (Wildman–Crippen LogP) is 2.65. The molecule has 26 heavy (non-hydrogen) atoms. The van der Waals surface area contributed by atoms with Crippen molar-refractivity contribution in [1.29, 1.82) is 0 Å². The van der Waals surface area contributed by atoms with E-state index in [0.29, 0.717) is 17.9 Å². The smallest absolute Gasteiger partial charge is 0.273 e. The highest BCUT2D eigenvalue weighted by atomic mass is 32.1. The van der Waals surface area contributed by atoms with Gasteiger partial charge in [-0.25, -0.2) is 5.43 Å². The average molecular weight is 367 g/mol. The van der Waals surface area contributed by atoms with E-state index in [0.717, 1.165) is 32.8 Å². The van der Waals surface area contributed by atoms with Crippen LogP contribution in [0.25, 0.3) is 17.0 Å². The van der Waals surface area contributed by atoms with E-state index >= 15 is 0 Å². The Bertz CT molecular complexity index is 1080. The van der Waals surface area contributed by atoms with Gasteiger partial charge in [-0.2, -0.15) is 5.10 Å². The van der Waals surface area contributed by atoms with Crippen molar-refractivity contribution < 1.29 is 9.53 Å². The third-order valence-electron chi connectivity index (χ3n) is 4.24. The highest BCUT2D eigenvalue weighted by molar-refractivity contribution is 7.08. The second kappa shape index (κ2) is 6.38. The second-order valence-electron chi connectivity index (χ2n) is 5.93. The number of rotatable bonds is 4. The second-order valence-corrected chi connectivity index (χ2v) is 6.68. The zero-order chi connectivity index (χ0) is 18.3. The summed E-state index contributed by atoms with van der Waals surface area (Å²) in [5, 5.41) is 9.18. The van der Waals surface area contributed by atoms with Crippen LogP contribution in [0, 0.1) is 6.92 Å². The maximum absolute atomic E-state index is 12.4. The molecule has 0 unspecified atom stereocenters. The molecule has 1 aliphatic rings. The highest BCUT2D eigenvalue weighted by Crippen LogP contribution is 2.33. The zero-order valence-corrected chi connectivity index (χ0v) is 15.4. The molecule has 1 aliphatic heterocycles. The molecule has 3 heterocycles. The van der Waals surface area contributed by atoms with Crippen LogP contribution >= 0.6 is 11.5 Å². The molecule has 1 amide bonds. The summed E-state index contributed by atoms with van der Waals surface area (Å²) in [6.45, 7) is 4.38. The lowest BCUT2D eigenvalue weighted by Crippen LogP contribution is -2.13. The summed E-state index contributed by atoms with van der Waals surface area (Å²) in [5.74, 6) is 0.559. The lowest BCUT2D eigenvalue weighted by Gasteiger charge is -2.06. The van der Waals surface area contributed by atoms with Crippen LogP contribution in [0.1, 0.15) is 23.1 Å². The summed E-state index contributed by atoms with van der Waals surface area (Å²) in [5.41, 5.74) is 6.31. The Morgan fingerprint density at radius 3 is 2.96 bits per heavy atom. The van der Waals surface area contributed by atoms with Gasteiger partial charge in [0, 0.05) is 24.2 Å². The van der Waals surface area contributed by atoms with Crippen molar-refractivity contribution in [2.45, 2.75) is 13.8 Å². The van der Waals surface area contributed by atoms with Gasteiger partial charge >= 0.3 is 0 Å². The van der Waals surface area contributed by atoms with Gasteiger partial charge in [-0.15, -0.1) is 5.10 Å². The third-order valence-corrected chi connectivity index (χ3v) is 5.08. The molecule has 4 rings (SSSR count). The van der Waals surface area contributed by atoms with Gasteiger partial charge in [-0.1, -0.05) is 10.6 Å². The molecule has 0 bridgehead atoms. The monoisotopic (exact) mass is 367 g/mol. The summed E-state index contributed by atoms with van der Waals surface area (Å²) in [4.78, 5) is 13.2. The van der Waals surface area contributed by atoms with Crippen LogP contribution in [0.3, 0.4) is 0 Å². The van der Waals surface area contributed by atoms with Gasteiger partial charge in [0.2, 0.25) is 0 Å². The molecular formula is C18H17N5O2S. The van der Waals surface area contributed by atoms with Crippen molar-refractivity contribution in [1.82, 2.24) is 19.6 Å². The summed E-state index contributed by atoms with van der Waals surface area (Å²) >= 11 is 1.23. The number of ether oxygens (including phenoxy) is 1. The maximum atomic E-state index is 12.4. The molecule has 132 valence electrons. The summed E-state index contributed by atoms with van der Waals surface area (Å²) < 4.78 is 11.8. The topological polar surface area (TPSA) is 81.4 Å². The first-order valence-corrected chi connectivity index (χ1v) is 8.97. The first kappa shape index (κ1) is 16.5. The summed E-state index contributed by atoms with van der Waals surface area (Å²) in [6.07, 6.45) is 3.84. The number of benzene rings is 1. The van der Waals surface area contributed by atoms with Gasteiger partial charge in [-0.3, -0.25) is 4.79 Å². The van der Waals surface area contributed by atoms with Crippen molar-refractivity contribution >= 4 is 40.1 Å². The number of aromatic nitrogens is 3. The number of amides is 1. The fourth-order valence-electron chi connectivity index (χ4n) is 3.08. The van der Waals surface area contributed by atoms with Gasteiger partial charge in [0.15, 0.2) is 0 Å². The van der Waals surface area contributed by atoms with E-state index in [1.54, 1.807) is 0 Å². The SMILES string of the molecule is CCOc1cccc2c1c(/C=C1\C(=O)NN=C1c1snnc1C)cn2C. The Morgan fingerprint density at radius 1 is 1.38 bits per heavy atom. The molecule has 3 aromatic rings. The van der Waals surface area contributed by atoms with E-state index < -0.39 is 0 Å². The van der Waals surface area contributed by atoms with Crippen LogP contribution in [-0.2, 0) is 11.8 Å². The Balaban J connectivity index is 1.89. The van der Waals surface area contributed by atoms with Gasteiger partial charge in [0.1, 0.15) is 11.5 Å². The molecule has 8 heteroatoms. The van der Waals surface area contributed by atoms with Crippen LogP contribution in [0.15, 0.2) is 35.1 Å². The number of fused-ring (bicyclic) bond motifs is 1. The minimum absolute atomic E-state index is 0.237. The van der Waals surface area contributed by atoms with Crippen molar-refractivity contribution in [3.05, 3.63) is 46.1 Å². The Morgan fingerprint density at radius 2 is 2.23 bits per heavy atom. The lowest BCUT2D eigenvalue weighted by atomic mass is 10.0. The van der Waals surface area contributed by atoms with Crippen LogP contribution in [0.4, 0.5) is 0 Å². The van der Waals surface area contributed by atoms with Crippen molar-refractivity contribution in [2.24, 2.45) is 12.1 Å². The first-order chi connectivity index (χ1) is 12.6. The number of aryl methyl sites for hydroxylation is 2. The number of hydrogen-bond acceptors (Lipinski definition) is 6. The third kappa shape index (κ3) is 2.59. The zero-order valence-electron chi connectivity index (χ0n) is 14.6. The van der Waals surface area contributed by atoms with E-state index in [1.807, 2.05) is 55.9 Å². The number of hydrogen-bond donors (Lipinski definition) is 1. The van der Waals surface area contributed by atoms with Crippen LogP contribution < -0.4 is 10.2 Å². The lowest BCUT2D eigenvalue weighted by molar-refractivity contribution is -0.116.